The monoisotopic (exact) mass is 555 g/mol. The standard InChI is InChI=1S/C29H34ClN3O4S/c1-20(2)31-29(35)23(5)32(18-24-10-8-9-22(4)17-24)28(34)19-33(27-12-7-6-11-26(27)30)38(36,37)25-15-13-21(3)14-16-25/h6-17,20,23H,18-19H2,1-5H3,(H,31,35)/t23-/m1/s1. The van der Waals surface area contributed by atoms with Crippen molar-refractivity contribution in [2.24, 2.45) is 0 Å². The Morgan fingerprint density at radius 3 is 2.16 bits per heavy atom. The minimum Gasteiger partial charge on any atom is -0.352 e. The van der Waals surface area contributed by atoms with E-state index < -0.39 is 28.5 Å². The van der Waals surface area contributed by atoms with Crippen molar-refractivity contribution in [1.29, 1.82) is 0 Å². The average molecular weight is 556 g/mol. The molecule has 7 nitrogen and oxygen atoms in total. The number of sulfonamides is 1. The maximum Gasteiger partial charge on any atom is 0.264 e. The summed E-state index contributed by atoms with van der Waals surface area (Å²) in [5.41, 5.74) is 2.92. The first-order chi connectivity index (χ1) is 17.9. The Bertz CT molecular complexity index is 1390. The van der Waals surface area contributed by atoms with Gasteiger partial charge in [-0.25, -0.2) is 8.42 Å². The number of carbonyl (C=O) groups excluding carboxylic acids is 2. The number of amides is 2. The van der Waals surface area contributed by atoms with E-state index in [1.165, 1.54) is 17.0 Å². The second-order valence-electron chi connectivity index (χ2n) is 9.63. The van der Waals surface area contributed by atoms with Crippen LogP contribution in [-0.2, 0) is 26.2 Å². The molecule has 0 radical (unpaired) electrons. The highest BCUT2D eigenvalue weighted by Crippen LogP contribution is 2.31. The normalized spacial score (nSPS) is 12.2. The second kappa shape index (κ2) is 12.5. The summed E-state index contributed by atoms with van der Waals surface area (Å²) >= 11 is 6.42. The topological polar surface area (TPSA) is 86.8 Å². The van der Waals surface area contributed by atoms with Gasteiger partial charge < -0.3 is 10.2 Å². The molecular weight excluding hydrogens is 522 g/mol. The van der Waals surface area contributed by atoms with Gasteiger partial charge in [0, 0.05) is 12.6 Å². The third-order valence-corrected chi connectivity index (χ3v) is 8.14. The van der Waals surface area contributed by atoms with E-state index >= 15 is 0 Å². The van der Waals surface area contributed by atoms with Crippen molar-refractivity contribution in [3.8, 4) is 0 Å². The number of nitrogens with zero attached hydrogens (tertiary/aromatic N) is 2. The predicted octanol–water partition coefficient (Wildman–Crippen LogP) is 5.09. The van der Waals surface area contributed by atoms with Crippen molar-refractivity contribution < 1.29 is 18.0 Å². The van der Waals surface area contributed by atoms with Crippen molar-refractivity contribution >= 4 is 39.1 Å². The Hall–Kier alpha value is -3.36. The van der Waals surface area contributed by atoms with Crippen molar-refractivity contribution in [1.82, 2.24) is 10.2 Å². The van der Waals surface area contributed by atoms with Crippen LogP contribution >= 0.6 is 11.6 Å². The van der Waals surface area contributed by atoms with Crippen molar-refractivity contribution in [2.75, 3.05) is 10.8 Å². The lowest BCUT2D eigenvalue weighted by molar-refractivity contribution is -0.139. The number of nitrogens with one attached hydrogen (secondary N) is 1. The van der Waals surface area contributed by atoms with E-state index in [4.69, 9.17) is 11.6 Å². The van der Waals surface area contributed by atoms with E-state index in [9.17, 15) is 18.0 Å². The van der Waals surface area contributed by atoms with Gasteiger partial charge in [-0.1, -0.05) is 71.3 Å². The SMILES string of the molecule is Cc1ccc(S(=O)(=O)N(CC(=O)N(Cc2cccc(C)c2)[C@H](C)C(=O)NC(C)C)c2ccccc2Cl)cc1. The lowest BCUT2D eigenvalue weighted by Gasteiger charge is -2.32. The van der Waals surface area contributed by atoms with E-state index in [1.807, 2.05) is 52.0 Å². The highest BCUT2D eigenvalue weighted by atomic mass is 35.5. The van der Waals surface area contributed by atoms with Gasteiger partial charge in [-0.3, -0.25) is 13.9 Å². The summed E-state index contributed by atoms with van der Waals surface area (Å²) in [6.45, 7) is 8.71. The number of anilines is 1. The third-order valence-electron chi connectivity index (χ3n) is 6.04. The summed E-state index contributed by atoms with van der Waals surface area (Å²) in [6, 6.07) is 19.5. The quantitative estimate of drug-likeness (QED) is 0.377. The summed E-state index contributed by atoms with van der Waals surface area (Å²) in [4.78, 5) is 28.3. The zero-order valence-corrected chi connectivity index (χ0v) is 23.9. The number of halogens is 1. The van der Waals surface area contributed by atoms with E-state index in [0.717, 1.165) is 21.0 Å². The van der Waals surface area contributed by atoms with E-state index in [-0.39, 0.29) is 34.1 Å². The zero-order valence-electron chi connectivity index (χ0n) is 22.3. The minimum atomic E-state index is -4.17. The van der Waals surface area contributed by atoms with Gasteiger partial charge in [0.05, 0.1) is 15.6 Å². The lowest BCUT2D eigenvalue weighted by Crippen LogP contribution is -2.52. The molecular formula is C29H34ClN3O4S. The van der Waals surface area contributed by atoms with Crippen LogP contribution in [0.4, 0.5) is 5.69 Å². The molecule has 0 saturated carbocycles. The average Bonchev–Trinajstić information content (AvgIpc) is 2.85. The molecule has 9 heteroatoms. The fourth-order valence-corrected chi connectivity index (χ4v) is 5.72. The van der Waals surface area contributed by atoms with Crippen LogP contribution in [0.25, 0.3) is 0 Å². The molecule has 0 aliphatic heterocycles. The maximum absolute atomic E-state index is 13.9. The summed E-state index contributed by atoms with van der Waals surface area (Å²) < 4.78 is 28.7. The van der Waals surface area contributed by atoms with Crippen LogP contribution in [-0.4, -0.2) is 43.8 Å². The Kier molecular flexibility index (Phi) is 9.57. The Labute approximate surface area is 230 Å². The molecule has 3 aromatic rings. The molecule has 0 saturated heterocycles. The Morgan fingerprint density at radius 2 is 1.55 bits per heavy atom. The first kappa shape index (κ1) is 29.2. The number of rotatable bonds is 10. The maximum atomic E-state index is 13.9. The molecule has 1 atom stereocenters. The fourth-order valence-electron chi connectivity index (χ4n) is 4.00. The summed E-state index contributed by atoms with van der Waals surface area (Å²) in [7, 11) is -4.17. The molecule has 0 aromatic heterocycles. The van der Waals surface area contributed by atoms with Gasteiger partial charge in [0.25, 0.3) is 10.0 Å². The molecule has 3 rings (SSSR count). The summed E-state index contributed by atoms with van der Waals surface area (Å²) in [6.07, 6.45) is 0. The number of para-hydroxylation sites is 1. The van der Waals surface area contributed by atoms with E-state index in [1.54, 1.807) is 43.3 Å². The van der Waals surface area contributed by atoms with Crippen molar-refractivity contribution in [3.63, 3.8) is 0 Å². The number of benzene rings is 3. The summed E-state index contributed by atoms with van der Waals surface area (Å²) in [5.74, 6) is -0.861. The molecule has 2 amide bonds. The van der Waals surface area contributed by atoms with Gasteiger partial charge in [0.1, 0.15) is 12.6 Å². The molecule has 0 unspecified atom stereocenters. The molecule has 38 heavy (non-hydrogen) atoms. The van der Waals surface area contributed by atoms with Crippen LogP contribution in [0.3, 0.4) is 0 Å². The number of hydrogen-bond donors (Lipinski definition) is 1. The molecule has 0 spiro atoms. The fraction of sp³-hybridized carbons (Fsp3) is 0.310. The molecule has 0 aliphatic rings. The highest BCUT2D eigenvalue weighted by molar-refractivity contribution is 7.92. The molecule has 0 aliphatic carbocycles. The predicted molar refractivity (Wildman–Crippen MR) is 152 cm³/mol. The smallest absolute Gasteiger partial charge is 0.264 e. The van der Waals surface area contributed by atoms with Crippen LogP contribution in [0.2, 0.25) is 5.02 Å². The van der Waals surface area contributed by atoms with Crippen molar-refractivity contribution in [3.05, 3.63) is 94.5 Å². The van der Waals surface area contributed by atoms with E-state index in [0.29, 0.717) is 0 Å². The molecule has 1 N–H and O–H groups in total. The first-order valence-corrected chi connectivity index (χ1v) is 14.2. The van der Waals surface area contributed by atoms with Crippen LogP contribution in [0.5, 0.6) is 0 Å². The second-order valence-corrected chi connectivity index (χ2v) is 11.9. The molecule has 3 aromatic carbocycles. The molecule has 0 heterocycles. The molecule has 0 bridgehead atoms. The summed E-state index contributed by atoms with van der Waals surface area (Å²) in [5, 5.41) is 3.03. The van der Waals surface area contributed by atoms with Crippen molar-refractivity contribution in [2.45, 2.75) is 58.1 Å². The minimum absolute atomic E-state index is 0.0339. The highest BCUT2D eigenvalue weighted by Gasteiger charge is 2.33. The van der Waals surface area contributed by atoms with Gasteiger partial charge in [-0.15, -0.1) is 0 Å². The van der Waals surface area contributed by atoms with Gasteiger partial charge in [0.2, 0.25) is 11.8 Å². The van der Waals surface area contributed by atoms with Gasteiger partial charge >= 0.3 is 0 Å². The number of carbonyl (C=O) groups is 2. The number of aryl methyl sites for hydroxylation is 2. The third kappa shape index (κ3) is 7.14. The molecule has 202 valence electrons. The Balaban J connectivity index is 2.05. The first-order valence-electron chi connectivity index (χ1n) is 12.4. The Morgan fingerprint density at radius 1 is 0.895 bits per heavy atom. The van der Waals surface area contributed by atoms with Crippen LogP contribution in [0, 0.1) is 13.8 Å². The van der Waals surface area contributed by atoms with Crippen LogP contribution < -0.4 is 9.62 Å². The molecule has 0 fully saturated rings. The van der Waals surface area contributed by atoms with Gasteiger partial charge in [-0.2, -0.15) is 0 Å². The zero-order chi connectivity index (χ0) is 28.0. The lowest BCUT2D eigenvalue weighted by atomic mass is 10.1. The van der Waals surface area contributed by atoms with E-state index in [2.05, 4.69) is 5.32 Å². The van der Waals surface area contributed by atoms with Gasteiger partial charge in [-0.05, 0) is 64.4 Å². The van der Waals surface area contributed by atoms with Crippen LogP contribution in [0.15, 0.2) is 77.7 Å². The number of hydrogen-bond acceptors (Lipinski definition) is 4. The van der Waals surface area contributed by atoms with Crippen LogP contribution in [0.1, 0.15) is 37.5 Å². The van der Waals surface area contributed by atoms with Gasteiger partial charge in [0.15, 0.2) is 0 Å². The largest absolute Gasteiger partial charge is 0.352 e.